The van der Waals surface area contributed by atoms with Gasteiger partial charge >= 0.3 is 0 Å². The molecule has 0 aliphatic heterocycles. The summed E-state index contributed by atoms with van der Waals surface area (Å²) < 4.78 is 7.45. The summed E-state index contributed by atoms with van der Waals surface area (Å²) in [7, 11) is 0. The first-order valence-corrected chi connectivity index (χ1v) is 10.0. The Kier molecular flexibility index (Phi) is 7.64. The third kappa shape index (κ3) is 6.23. The van der Waals surface area contributed by atoms with Crippen molar-refractivity contribution in [2.45, 2.75) is 20.8 Å². The number of hydrogen-bond donors (Lipinski definition) is 1. The predicted molar refractivity (Wildman–Crippen MR) is 116 cm³/mol. The molecule has 0 heterocycles. The van der Waals surface area contributed by atoms with Crippen molar-refractivity contribution in [3.05, 3.63) is 62.0 Å². The molecule has 0 aliphatic rings. The maximum absolute atomic E-state index is 12.5. The molecule has 0 spiro atoms. The number of carbonyl (C=O) groups excluding carboxylic acids is 1. The van der Waals surface area contributed by atoms with Gasteiger partial charge in [0.1, 0.15) is 17.4 Å². The number of ether oxygens (including phenoxy) is 1. The topological polar surface area (TPSA) is 62.1 Å². The third-order valence-electron chi connectivity index (χ3n) is 3.54. The van der Waals surface area contributed by atoms with E-state index < -0.39 is 5.91 Å². The van der Waals surface area contributed by atoms with Crippen LogP contribution in [0.2, 0.25) is 0 Å². The van der Waals surface area contributed by atoms with Gasteiger partial charge in [-0.2, -0.15) is 5.26 Å². The van der Waals surface area contributed by atoms with E-state index in [4.69, 9.17) is 4.74 Å². The molecule has 0 saturated heterocycles. The van der Waals surface area contributed by atoms with Crippen molar-refractivity contribution >= 4 is 49.5 Å². The van der Waals surface area contributed by atoms with E-state index in [0.29, 0.717) is 29.5 Å². The highest BCUT2D eigenvalue weighted by atomic mass is 79.9. The van der Waals surface area contributed by atoms with Crippen LogP contribution >= 0.6 is 31.9 Å². The Bertz CT molecular complexity index is 915. The number of nitrogens with zero attached hydrogens (tertiary/aromatic N) is 1. The molecule has 1 N–H and O–H groups in total. The summed E-state index contributed by atoms with van der Waals surface area (Å²) in [6.07, 6.45) is 1.54. The summed E-state index contributed by atoms with van der Waals surface area (Å²) in [6.45, 7) is 6.57. The number of rotatable bonds is 6. The zero-order chi connectivity index (χ0) is 20.0. The molecule has 0 aromatic heterocycles. The maximum atomic E-state index is 12.5. The molecule has 0 saturated carbocycles. The lowest BCUT2D eigenvalue weighted by Crippen LogP contribution is -2.13. The minimum Gasteiger partial charge on any atom is -0.492 e. The molecular formula is C21H20Br2N2O2. The van der Waals surface area contributed by atoms with Crippen LogP contribution in [0.3, 0.4) is 0 Å². The lowest BCUT2D eigenvalue weighted by Gasteiger charge is -2.14. The fourth-order valence-electron chi connectivity index (χ4n) is 2.32. The van der Waals surface area contributed by atoms with Crippen molar-refractivity contribution in [3.8, 4) is 11.8 Å². The lowest BCUT2D eigenvalue weighted by atomic mass is 10.1. The van der Waals surface area contributed by atoms with Gasteiger partial charge in [0.15, 0.2) is 0 Å². The first kappa shape index (κ1) is 21.2. The van der Waals surface area contributed by atoms with E-state index in [-0.39, 0.29) is 5.57 Å². The largest absolute Gasteiger partial charge is 0.492 e. The minimum atomic E-state index is -0.464. The molecule has 1 amide bonds. The van der Waals surface area contributed by atoms with Gasteiger partial charge in [-0.1, -0.05) is 41.9 Å². The average molecular weight is 492 g/mol. The van der Waals surface area contributed by atoms with Gasteiger partial charge in [-0.3, -0.25) is 4.79 Å². The molecule has 4 nitrogen and oxygen atoms in total. The number of amides is 1. The van der Waals surface area contributed by atoms with Gasteiger partial charge in [0.2, 0.25) is 0 Å². The van der Waals surface area contributed by atoms with Gasteiger partial charge in [-0.05, 0) is 64.7 Å². The molecule has 27 heavy (non-hydrogen) atoms. The highest BCUT2D eigenvalue weighted by Crippen LogP contribution is 2.34. The Hall–Kier alpha value is -2.10. The third-order valence-corrected chi connectivity index (χ3v) is 4.59. The number of nitriles is 1. The normalized spacial score (nSPS) is 11.2. The van der Waals surface area contributed by atoms with E-state index >= 15 is 0 Å². The van der Waals surface area contributed by atoms with Crippen LogP contribution in [-0.2, 0) is 4.79 Å². The van der Waals surface area contributed by atoms with E-state index in [1.54, 1.807) is 6.07 Å². The molecule has 2 rings (SSSR count). The summed E-state index contributed by atoms with van der Waals surface area (Å²) in [6, 6.07) is 13.1. The van der Waals surface area contributed by atoms with Gasteiger partial charge in [0.05, 0.1) is 11.1 Å². The fourth-order valence-corrected chi connectivity index (χ4v) is 3.69. The summed E-state index contributed by atoms with van der Waals surface area (Å²) in [5.74, 6) is 0.481. The van der Waals surface area contributed by atoms with Crippen LogP contribution in [0.5, 0.6) is 5.75 Å². The lowest BCUT2D eigenvalue weighted by molar-refractivity contribution is -0.112. The van der Waals surface area contributed by atoms with Crippen molar-refractivity contribution in [1.29, 1.82) is 5.26 Å². The number of halogens is 2. The zero-order valence-electron chi connectivity index (χ0n) is 15.3. The van der Waals surface area contributed by atoms with Crippen LogP contribution < -0.4 is 10.1 Å². The molecular weight excluding hydrogens is 472 g/mol. The quantitative estimate of drug-likeness (QED) is 0.392. The predicted octanol–water partition coefficient (Wildman–Crippen LogP) is 6.10. The van der Waals surface area contributed by atoms with Gasteiger partial charge in [0, 0.05) is 15.7 Å². The number of anilines is 1. The fraction of sp³-hybridized carbons (Fsp3) is 0.238. The first-order valence-electron chi connectivity index (χ1n) is 8.41. The van der Waals surface area contributed by atoms with Crippen LogP contribution in [-0.4, -0.2) is 12.5 Å². The van der Waals surface area contributed by atoms with E-state index in [9.17, 15) is 10.1 Å². The first-order chi connectivity index (χ1) is 12.8. The SMILES string of the molecule is Cc1cccc(NC(=O)/C(C#N)=C/c2cc(Br)cc(Br)c2OCC(C)C)c1. The van der Waals surface area contributed by atoms with Gasteiger partial charge in [-0.15, -0.1) is 0 Å². The van der Waals surface area contributed by atoms with Crippen LogP contribution in [0.1, 0.15) is 25.0 Å². The van der Waals surface area contributed by atoms with Crippen LogP contribution in [0, 0.1) is 24.2 Å². The van der Waals surface area contributed by atoms with Crippen molar-refractivity contribution in [2.24, 2.45) is 5.92 Å². The molecule has 6 heteroatoms. The second kappa shape index (κ2) is 9.72. The molecule has 0 fully saturated rings. The molecule has 2 aromatic carbocycles. The number of hydrogen-bond acceptors (Lipinski definition) is 3. The van der Waals surface area contributed by atoms with Crippen molar-refractivity contribution in [3.63, 3.8) is 0 Å². The van der Waals surface area contributed by atoms with Gasteiger partial charge in [0.25, 0.3) is 5.91 Å². The molecule has 0 atom stereocenters. The van der Waals surface area contributed by atoms with Crippen molar-refractivity contribution in [2.75, 3.05) is 11.9 Å². The Morgan fingerprint density at radius 1 is 1.30 bits per heavy atom. The van der Waals surface area contributed by atoms with E-state index in [1.165, 1.54) is 6.08 Å². The summed E-state index contributed by atoms with van der Waals surface area (Å²) >= 11 is 6.93. The smallest absolute Gasteiger partial charge is 0.266 e. The molecule has 0 bridgehead atoms. The zero-order valence-corrected chi connectivity index (χ0v) is 18.5. The summed E-state index contributed by atoms with van der Waals surface area (Å²) in [5.41, 5.74) is 2.31. The van der Waals surface area contributed by atoms with E-state index in [1.807, 2.05) is 43.3 Å². The monoisotopic (exact) mass is 490 g/mol. The van der Waals surface area contributed by atoms with E-state index in [2.05, 4.69) is 51.0 Å². The number of carbonyl (C=O) groups is 1. The molecule has 140 valence electrons. The average Bonchev–Trinajstić information content (AvgIpc) is 2.58. The summed E-state index contributed by atoms with van der Waals surface area (Å²) in [5, 5.41) is 12.3. The molecule has 0 aliphatic carbocycles. The maximum Gasteiger partial charge on any atom is 0.266 e. The van der Waals surface area contributed by atoms with Gasteiger partial charge in [-0.25, -0.2) is 0 Å². The molecule has 0 radical (unpaired) electrons. The van der Waals surface area contributed by atoms with Crippen molar-refractivity contribution in [1.82, 2.24) is 0 Å². The number of nitrogens with one attached hydrogen (secondary N) is 1. The Morgan fingerprint density at radius 2 is 2.04 bits per heavy atom. The second-order valence-corrected chi connectivity index (χ2v) is 8.27. The Morgan fingerprint density at radius 3 is 2.67 bits per heavy atom. The number of aryl methyl sites for hydroxylation is 1. The summed E-state index contributed by atoms with van der Waals surface area (Å²) in [4.78, 5) is 12.5. The Labute approximate surface area is 176 Å². The minimum absolute atomic E-state index is 0.00379. The van der Waals surface area contributed by atoms with Crippen molar-refractivity contribution < 1.29 is 9.53 Å². The second-order valence-electron chi connectivity index (χ2n) is 6.50. The highest BCUT2D eigenvalue weighted by Gasteiger charge is 2.14. The van der Waals surface area contributed by atoms with Gasteiger partial charge < -0.3 is 10.1 Å². The van der Waals surface area contributed by atoms with E-state index in [0.717, 1.165) is 14.5 Å². The van der Waals surface area contributed by atoms with Crippen LogP contribution in [0.25, 0.3) is 6.08 Å². The highest BCUT2D eigenvalue weighted by molar-refractivity contribution is 9.11. The standard InChI is InChI=1S/C21H20Br2N2O2/c1-13(2)12-27-20-15(9-17(22)10-19(20)23)8-16(11-24)21(26)25-18-6-4-5-14(3)7-18/h4-10,13H,12H2,1-3H3,(H,25,26)/b16-8+. The Balaban J connectivity index is 2.36. The molecule has 0 unspecified atom stereocenters. The van der Waals surface area contributed by atoms with Crippen LogP contribution in [0.4, 0.5) is 5.69 Å². The molecule has 2 aromatic rings. The van der Waals surface area contributed by atoms with Crippen LogP contribution in [0.15, 0.2) is 50.9 Å². The number of benzene rings is 2.